The lowest BCUT2D eigenvalue weighted by Gasteiger charge is -2.00. The first-order valence-corrected chi connectivity index (χ1v) is 8.02. The first kappa shape index (κ1) is 17.3. The number of H-pyrrole nitrogens is 1. The molecule has 8 nitrogen and oxygen atoms in total. The molecule has 0 aliphatic rings. The van der Waals surface area contributed by atoms with Crippen LogP contribution in [0, 0.1) is 17.0 Å². The topological polar surface area (TPSA) is 106 Å². The molecule has 0 spiro atoms. The van der Waals surface area contributed by atoms with Crippen LogP contribution >= 0.6 is 0 Å². The number of aromatic amines is 1. The largest absolute Gasteiger partial charge is 0.295 e. The van der Waals surface area contributed by atoms with E-state index in [0.29, 0.717) is 29.9 Å². The Morgan fingerprint density at radius 1 is 1.27 bits per heavy atom. The number of hydrogen-bond acceptors (Lipinski definition) is 5. The first-order chi connectivity index (χ1) is 12.6. The van der Waals surface area contributed by atoms with Gasteiger partial charge in [-0.15, -0.1) is 0 Å². The highest BCUT2D eigenvalue weighted by Gasteiger charge is 2.12. The van der Waals surface area contributed by atoms with Crippen LogP contribution in [0.2, 0.25) is 0 Å². The number of aryl methyl sites for hydroxylation is 1. The number of aliphatic imine (C=N–C) groups is 1. The number of nitrogens with zero attached hydrogens (tertiary/aromatic N) is 4. The van der Waals surface area contributed by atoms with Gasteiger partial charge < -0.3 is 0 Å². The molecule has 0 saturated carbocycles. The Balaban J connectivity index is 1.76. The van der Waals surface area contributed by atoms with Crippen molar-refractivity contribution >= 4 is 11.9 Å². The van der Waals surface area contributed by atoms with E-state index in [4.69, 9.17) is 0 Å². The average Bonchev–Trinajstić information content (AvgIpc) is 2.94. The van der Waals surface area contributed by atoms with Gasteiger partial charge in [-0.25, -0.2) is 4.68 Å². The first-order valence-electron chi connectivity index (χ1n) is 8.02. The second-order valence-corrected chi connectivity index (χ2v) is 5.67. The third-order valence-electron chi connectivity index (χ3n) is 3.88. The number of pyridine rings is 1. The van der Waals surface area contributed by atoms with E-state index in [0.717, 1.165) is 5.69 Å². The SMILES string of the molecule is Cc1[nH]n(-c2ccc([N+](=O)[O-])cc2)c(=O)c1C=NCCc1ccccn1. The molecule has 8 heteroatoms. The van der Waals surface area contributed by atoms with Crippen LogP contribution in [0.25, 0.3) is 5.69 Å². The molecule has 0 unspecified atom stereocenters. The molecule has 0 bridgehead atoms. The maximum Gasteiger partial charge on any atom is 0.280 e. The molecule has 1 N–H and O–H groups in total. The number of hydrogen-bond donors (Lipinski definition) is 1. The summed E-state index contributed by atoms with van der Waals surface area (Å²) < 4.78 is 1.35. The van der Waals surface area contributed by atoms with Crippen molar-refractivity contribution < 1.29 is 4.92 Å². The van der Waals surface area contributed by atoms with Gasteiger partial charge in [0, 0.05) is 48.9 Å². The normalized spacial score (nSPS) is 11.1. The fourth-order valence-electron chi connectivity index (χ4n) is 2.50. The van der Waals surface area contributed by atoms with Gasteiger partial charge in [-0.05, 0) is 31.2 Å². The summed E-state index contributed by atoms with van der Waals surface area (Å²) in [6.07, 6.45) is 3.98. The van der Waals surface area contributed by atoms with Gasteiger partial charge in [-0.1, -0.05) is 6.07 Å². The van der Waals surface area contributed by atoms with Crippen LogP contribution in [-0.4, -0.2) is 32.4 Å². The molecular weight excluding hydrogens is 334 g/mol. The third kappa shape index (κ3) is 3.75. The lowest BCUT2D eigenvalue weighted by Crippen LogP contribution is -2.17. The quantitative estimate of drug-likeness (QED) is 0.418. The Morgan fingerprint density at radius 2 is 2.04 bits per heavy atom. The summed E-state index contributed by atoms with van der Waals surface area (Å²) in [5.74, 6) is 0. The van der Waals surface area contributed by atoms with Crippen molar-refractivity contribution in [2.75, 3.05) is 6.54 Å². The van der Waals surface area contributed by atoms with Gasteiger partial charge in [0.25, 0.3) is 11.2 Å². The summed E-state index contributed by atoms with van der Waals surface area (Å²) in [5.41, 5.74) is 2.33. The summed E-state index contributed by atoms with van der Waals surface area (Å²) in [6, 6.07) is 11.5. The Bertz CT molecular complexity index is 988. The number of rotatable bonds is 6. The highest BCUT2D eigenvalue weighted by Crippen LogP contribution is 2.14. The van der Waals surface area contributed by atoms with Gasteiger partial charge in [0.15, 0.2) is 0 Å². The summed E-state index contributed by atoms with van der Waals surface area (Å²) in [5, 5.41) is 13.7. The number of nitrogens with one attached hydrogen (secondary N) is 1. The lowest BCUT2D eigenvalue weighted by molar-refractivity contribution is -0.384. The van der Waals surface area contributed by atoms with Crippen molar-refractivity contribution in [2.24, 2.45) is 4.99 Å². The molecule has 132 valence electrons. The van der Waals surface area contributed by atoms with E-state index in [-0.39, 0.29) is 11.2 Å². The number of benzene rings is 1. The minimum atomic E-state index is -0.480. The Labute approximate surface area is 149 Å². The Kier molecular flexibility index (Phi) is 5.02. The van der Waals surface area contributed by atoms with Crippen molar-refractivity contribution in [1.82, 2.24) is 14.8 Å². The molecule has 2 heterocycles. The molecule has 26 heavy (non-hydrogen) atoms. The van der Waals surface area contributed by atoms with E-state index < -0.39 is 4.92 Å². The zero-order valence-corrected chi connectivity index (χ0v) is 14.1. The minimum absolute atomic E-state index is 0.0265. The maximum absolute atomic E-state index is 12.6. The van der Waals surface area contributed by atoms with Crippen molar-refractivity contribution in [3.8, 4) is 5.69 Å². The zero-order chi connectivity index (χ0) is 18.5. The summed E-state index contributed by atoms with van der Waals surface area (Å²) in [7, 11) is 0. The van der Waals surface area contributed by atoms with Crippen LogP contribution in [0.4, 0.5) is 5.69 Å². The molecule has 3 aromatic rings. The molecule has 2 aromatic heterocycles. The van der Waals surface area contributed by atoms with Gasteiger partial charge in [0.1, 0.15) is 0 Å². The minimum Gasteiger partial charge on any atom is -0.295 e. The molecule has 0 fully saturated rings. The van der Waals surface area contributed by atoms with Gasteiger partial charge in [0.05, 0.1) is 16.2 Å². The zero-order valence-electron chi connectivity index (χ0n) is 14.1. The van der Waals surface area contributed by atoms with Gasteiger partial charge in [-0.3, -0.25) is 30.0 Å². The summed E-state index contributed by atoms with van der Waals surface area (Å²) in [4.78, 5) is 31.4. The van der Waals surface area contributed by atoms with Gasteiger partial charge in [-0.2, -0.15) is 0 Å². The van der Waals surface area contributed by atoms with Gasteiger partial charge in [0.2, 0.25) is 0 Å². The highest BCUT2D eigenvalue weighted by molar-refractivity contribution is 5.80. The van der Waals surface area contributed by atoms with Crippen LogP contribution in [0.5, 0.6) is 0 Å². The molecule has 0 amide bonds. The molecule has 0 aliphatic heterocycles. The third-order valence-corrected chi connectivity index (χ3v) is 3.88. The Morgan fingerprint density at radius 3 is 2.69 bits per heavy atom. The van der Waals surface area contributed by atoms with E-state index in [1.165, 1.54) is 28.9 Å². The molecule has 0 atom stereocenters. The van der Waals surface area contributed by atoms with E-state index in [9.17, 15) is 14.9 Å². The molecule has 3 rings (SSSR count). The predicted octanol–water partition coefficient (Wildman–Crippen LogP) is 2.44. The molecule has 0 saturated heterocycles. The van der Waals surface area contributed by atoms with E-state index >= 15 is 0 Å². The fraction of sp³-hybridized carbons (Fsp3) is 0.167. The van der Waals surface area contributed by atoms with Crippen molar-refractivity contribution in [1.29, 1.82) is 0 Å². The van der Waals surface area contributed by atoms with Crippen molar-refractivity contribution in [2.45, 2.75) is 13.3 Å². The second-order valence-electron chi connectivity index (χ2n) is 5.67. The number of nitro benzene ring substituents is 1. The van der Waals surface area contributed by atoms with Crippen LogP contribution < -0.4 is 5.56 Å². The number of non-ortho nitro benzene ring substituents is 1. The summed E-state index contributed by atoms with van der Waals surface area (Å²) >= 11 is 0. The van der Waals surface area contributed by atoms with Crippen molar-refractivity contribution in [3.63, 3.8) is 0 Å². The van der Waals surface area contributed by atoms with Crippen LogP contribution in [-0.2, 0) is 6.42 Å². The molecule has 1 aromatic carbocycles. The predicted molar refractivity (Wildman–Crippen MR) is 98.2 cm³/mol. The highest BCUT2D eigenvalue weighted by atomic mass is 16.6. The van der Waals surface area contributed by atoms with E-state index in [1.807, 2.05) is 18.2 Å². The number of aromatic nitrogens is 3. The van der Waals surface area contributed by atoms with E-state index in [1.54, 1.807) is 19.3 Å². The number of nitro groups is 1. The van der Waals surface area contributed by atoms with Crippen LogP contribution in [0.3, 0.4) is 0 Å². The van der Waals surface area contributed by atoms with Crippen LogP contribution in [0.1, 0.15) is 17.0 Å². The lowest BCUT2D eigenvalue weighted by atomic mass is 10.2. The molecule has 0 radical (unpaired) electrons. The van der Waals surface area contributed by atoms with E-state index in [2.05, 4.69) is 15.1 Å². The molecule has 0 aliphatic carbocycles. The maximum atomic E-state index is 12.6. The summed E-state index contributed by atoms with van der Waals surface area (Å²) in [6.45, 7) is 2.31. The van der Waals surface area contributed by atoms with Gasteiger partial charge >= 0.3 is 0 Å². The second kappa shape index (κ2) is 7.56. The molecular formula is C18H17N5O3. The monoisotopic (exact) mass is 351 g/mol. The fourth-order valence-corrected chi connectivity index (χ4v) is 2.50. The van der Waals surface area contributed by atoms with Crippen LogP contribution in [0.15, 0.2) is 58.4 Å². The average molecular weight is 351 g/mol. The smallest absolute Gasteiger partial charge is 0.280 e. The van der Waals surface area contributed by atoms with Crippen molar-refractivity contribution in [3.05, 3.63) is 86.1 Å². The standard InChI is InChI=1S/C18H17N5O3/c1-13-17(12-19-11-9-14-4-2-3-10-20-14)18(24)22(21-13)15-5-7-16(8-6-15)23(25)26/h2-8,10,12,21H,9,11H2,1H3. The Hall–Kier alpha value is -3.55.